The first-order chi connectivity index (χ1) is 6.49. The lowest BCUT2D eigenvalue weighted by Gasteiger charge is -2.18. The number of anilines is 1. The Labute approximate surface area is 90.7 Å². The molecule has 0 unspecified atom stereocenters. The zero-order valence-electron chi connectivity index (χ0n) is 8.97. The molecule has 1 N–H and O–H groups in total. The average Bonchev–Trinajstić information content (AvgIpc) is 2.06. The van der Waals surface area contributed by atoms with Gasteiger partial charge in [-0.15, -0.1) is 0 Å². The summed E-state index contributed by atoms with van der Waals surface area (Å²) in [6.45, 7) is 7.61. The van der Waals surface area contributed by atoms with Crippen LogP contribution in [0.5, 0.6) is 0 Å². The van der Waals surface area contributed by atoms with Gasteiger partial charge in [-0.2, -0.15) is 0 Å². The van der Waals surface area contributed by atoms with E-state index in [4.69, 9.17) is 11.6 Å². The Morgan fingerprint density at radius 1 is 1.43 bits per heavy atom. The van der Waals surface area contributed by atoms with Gasteiger partial charge in [0.25, 0.3) is 0 Å². The van der Waals surface area contributed by atoms with Crippen molar-refractivity contribution in [3.05, 3.63) is 23.5 Å². The van der Waals surface area contributed by atoms with Crippen LogP contribution in [-0.4, -0.2) is 11.5 Å². The lowest BCUT2D eigenvalue weighted by molar-refractivity contribution is 0.390. The van der Waals surface area contributed by atoms with Gasteiger partial charge in [-0.05, 0) is 17.9 Å². The third-order valence-corrected chi connectivity index (χ3v) is 2.26. The highest BCUT2D eigenvalue weighted by molar-refractivity contribution is 6.33. The van der Waals surface area contributed by atoms with Crippen LogP contribution in [0.15, 0.2) is 18.5 Å². The quantitative estimate of drug-likeness (QED) is 0.829. The van der Waals surface area contributed by atoms with Gasteiger partial charge in [-0.25, -0.2) is 0 Å². The summed E-state index contributed by atoms with van der Waals surface area (Å²) in [5.41, 5.74) is 1.32. The Hall–Kier alpha value is -0.760. The Morgan fingerprint density at radius 2 is 2.14 bits per heavy atom. The normalized spacial score (nSPS) is 11.4. The van der Waals surface area contributed by atoms with Gasteiger partial charge in [-0.3, -0.25) is 4.98 Å². The van der Waals surface area contributed by atoms with Crippen molar-refractivity contribution in [3.63, 3.8) is 0 Å². The smallest absolute Gasteiger partial charge is 0.0820 e. The van der Waals surface area contributed by atoms with Crippen LogP contribution in [0.1, 0.15) is 27.2 Å². The fourth-order valence-corrected chi connectivity index (χ4v) is 1.28. The molecule has 0 saturated heterocycles. The Balaban J connectivity index is 2.43. The van der Waals surface area contributed by atoms with E-state index in [9.17, 15) is 0 Å². The lowest BCUT2D eigenvalue weighted by atomic mass is 9.92. The van der Waals surface area contributed by atoms with E-state index in [-0.39, 0.29) is 0 Å². The van der Waals surface area contributed by atoms with Gasteiger partial charge >= 0.3 is 0 Å². The summed E-state index contributed by atoms with van der Waals surface area (Å²) in [7, 11) is 0. The van der Waals surface area contributed by atoms with Gasteiger partial charge in [0, 0.05) is 18.9 Å². The highest BCUT2D eigenvalue weighted by Gasteiger charge is 2.09. The third-order valence-electron chi connectivity index (χ3n) is 1.96. The number of nitrogens with zero attached hydrogens (tertiary/aromatic N) is 1. The van der Waals surface area contributed by atoms with Gasteiger partial charge in [0.2, 0.25) is 0 Å². The highest BCUT2D eigenvalue weighted by atomic mass is 35.5. The maximum Gasteiger partial charge on any atom is 0.0820 e. The minimum atomic E-state index is 0.354. The van der Waals surface area contributed by atoms with Crippen LogP contribution in [0.2, 0.25) is 5.02 Å². The minimum Gasteiger partial charge on any atom is -0.384 e. The summed E-state index contributed by atoms with van der Waals surface area (Å²) in [6, 6.07) is 1.89. The van der Waals surface area contributed by atoms with Crippen molar-refractivity contribution in [1.82, 2.24) is 4.98 Å². The fourth-order valence-electron chi connectivity index (χ4n) is 1.09. The molecule has 0 bridgehead atoms. The summed E-state index contributed by atoms with van der Waals surface area (Å²) in [4.78, 5) is 3.93. The first-order valence-corrected chi connectivity index (χ1v) is 5.20. The van der Waals surface area contributed by atoms with Crippen LogP contribution in [0.3, 0.4) is 0 Å². The molecule has 0 saturated carbocycles. The monoisotopic (exact) mass is 212 g/mol. The van der Waals surface area contributed by atoms with Crippen LogP contribution >= 0.6 is 11.6 Å². The van der Waals surface area contributed by atoms with E-state index < -0.39 is 0 Å². The molecule has 2 nitrogen and oxygen atoms in total. The molecule has 0 aliphatic carbocycles. The van der Waals surface area contributed by atoms with E-state index in [0.29, 0.717) is 10.4 Å². The molecular formula is C11H17ClN2. The first kappa shape index (κ1) is 11.3. The molecule has 0 radical (unpaired) electrons. The number of nitrogens with one attached hydrogen (secondary N) is 1. The topological polar surface area (TPSA) is 24.9 Å². The van der Waals surface area contributed by atoms with Crippen molar-refractivity contribution < 1.29 is 0 Å². The maximum atomic E-state index is 5.95. The largest absolute Gasteiger partial charge is 0.384 e. The number of halogens is 1. The predicted octanol–water partition coefficient (Wildman–Crippen LogP) is 3.58. The molecule has 3 heteroatoms. The minimum absolute atomic E-state index is 0.354. The number of pyridine rings is 1. The number of rotatable bonds is 3. The SMILES string of the molecule is CC(C)(C)CCNc1ccncc1Cl. The molecule has 0 aliphatic rings. The first-order valence-electron chi connectivity index (χ1n) is 4.82. The lowest BCUT2D eigenvalue weighted by Crippen LogP contribution is -2.12. The van der Waals surface area contributed by atoms with Crippen LogP contribution in [-0.2, 0) is 0 Å². The molecule has 0 aromatic carbocycles. The standard InChI is InChI=1S/C11H17ClN2/c1-11(2,3)5-7-14-10-4-6-13-8-9(10)12/h4,6,8H,5,7H2,1-3H3,(H,13,14). The van der Waals surface area contributed by atoms with Crippen molar-refractivity contribution in [1.29, 1.82) is 0 Å². The van der Waals surface area contributed by atoms with E-state index >= 15 is 0 Å². The summed E-state index contributed by atoms with van der Waals surface area (Å²) < 4.78 is 0. The van der Waals surface area contributed by atoms with Crippen molar-refractivity contribution >= 4 is 17.3 Å². The summed E-state index contributed by atoms with van der Waals surface area (Å²) in [5.74, 6) is 0. The van der Waals surface area contributed by atoms with Crippen LogP contribution in [0.25, 0.3) is 0 Å². The molecule has 14 heavy (non-hydrogen) atoms. The molecular weight excluding hydrogens is 196 g/mol. The fraction of sp³-hybridized carbons (Fsp3) is 0.545. The van der Waals surface area contributed by atoms with Crippen molar-refractivity contribution in [3.8, 4) is 0 Å². The van der Waals surface area contributed by atoms with E-state index in [0.717, 1.165) is 18.7 Å². The average molecular weight is 213 g/mol. The van der Waals surface area contributed by atoms with Gasteiger partial charge in [0.05, 0.1) is 10.7 Å². The van der Waals surface area contributed by atoms with E-state index in [1.165, 1.54) is 0 Å². The zero-order chi connectivity index (χ0) is 10.6. The van der Waals surface area contributed by atoms with Gasteiger partial charge in [0.15, 0.2) is 0 Å². The molecule has 1 aromatic rings. The van der Waals surface area contributed by atoms with Crippen LogP contribution in [0.4, 0.5) is 5.69 Å². The van der Waals surface area contributed by atoms with Crippen LogP contribution < -0.4 is 5.32 Å². The van der Waals surface area contributed by atoms with E-state index in [2.05, 4.69) is 31.1 Å². The summed E-state index contributed by atoms with van der Waals surface area (Å²) >= 11 is 5.95. The molecule has 0 atom stereocenters. The number of aromatic nitrogens is 1. The van der Waals surface area contributed by atoms with Gasteiger partial charge in [0.1, 0.15) is 0 Å². The second-order valence-corrected chi connectivity index (χ2v) is 5.00. The summed E-state index contributed by atoms with van der Waals surface area (Å²) in [6.07, 6.45) is 4.51. The molecule has 0 spiro atoms. The molecule has 1 aromatic heterocycles. The third kappa shape index (κ3) is 3.97. The van der Waals surface area contributed by atoms with Crippen molar-refractivity contribution in [2.75, 3.05) is 11.9 Å². The molecule has 0 aliphatic heterocycles. The zero-order valence-corrected chi connectivity index (χ0v) is 9.73. The number of hydrogen-bond donors (Lipinski definition) is 1. The van der Waals surface area contributed by atoms with Crippen molar-refractivity contribution in [2.45, 2.75) is 27.2 Å². The van der Waals surface area contributed by atoms with Gasteiger partial charge < -0.3 is 5.32 Å². The van der Waals surface area contributed by atoms with E-state index in [1.54, 1.807) is 12.4 Å². The highest BCUT2D eigenvalue weighted by Crippen LogP contribution is 2.21. The van der Waals surface area contributed by atoms with E-state index in [1.807, 2.05) is 6.07 Å². The number of hydrogen-bond acceptors (Lipinski definition) is 2. The second-order valence-electron chi connectivity index (χ2n) is 4.59. The van der Waals surface area contributed by atoms with Crippen molar-refractivity contribution in [2.24, 2.45) is 5.41 Å². The molecule has 78 valence electrons. The predicted molar refractivity (Wildman–Crippen MR) is 61.8 cm³/mol. The molecule has 1 heterocycles. The second kappa shape index (κ2) is 4.65. The Bertz CT molecular complexity index is 292. The maximum absolute atomic E-state index is 5.95. The Kier molecular flexibility index (Phi) is 3.76. The molecule has 1 rings (SSSR count). The summed E-state index contributed by atoms with van der Waals surface area (Å²) in [5, 5.41) is 3.98. The van der Waals surface area contributed by atoms with Gasteiger partial charge in [-0.1, -0.05) is 32.4 Å². The molecule has 0 fully saturated rings. The van der Waals surface area contributed by atoms with Crippen LogP contribution in [0, 0.1) is 5.41 Å². The Morgan fingerprint density at radius 3 is 2.71 bits per heavy atom. The molecule has 0 amide bonds.